The SMILES string of the molecule is CCCCCc1cc(N)c(C(=O)OCC)[nH]1. The highest BCUT2D eigenvalue weighted by Crippen LogP contribution is 2.16. The van der Waals surface area contributed by atoms with Gasteiger partial charge in [0.15, 0.2) is 0 Å². The molecule has 0 aliphatic heterocycles. The Labute approximate surface area is 96.2 Å². The average Bonchev–Trinajstić information content (AvgIpc) is 2.61. The highest BCUT2D eigenvalue weighted by molar-refractivity contribution is 5.93. The molecule has 1 rings (SSSR count). The van der Waals surface area contributed by atoms with Gasteiger partial charge in [0.2, 0.25) is 0 Å². The van der Waals surface area contributed by atoms with Crippen molar-refractivity contribution < 1.29 is 9.53 Å². The molecule has 0 unspecified atom stereocenters. The molecular weight excluding hydrogens is 204 g/mol. The van der Waals surface area contributed by atoms with Gasteiger partial charge in [0.05, 0.1) is 12.3 Å². The van der Waals surface area contributed by atoms with Crippen molar-refractivity contribution in [2.24, 2.45) is 0 Å². The van der Waals surface area contributed by atoms with E-state index < -0.39 is 0 Å². The number of carbonyl (C=O) groups excluding carboxylic acids is 1. The molecule has 4 nitrogen and oxygen atoms in total. The van der Waals surface area contributed by atoms with Crippen LogP contribution >= 0.6 is 0 Å². The van der Waals surface area contributed by atoms with Crippen molar-refractivity contribution in [3.8, 4) is 0 Å². The molecule has 1 aromatic rings. The predicted octanol–water partition coefficient (Wildman–Crippen LogP) is 2.51. The van der Waals surface area contributed by atoms with Crippen LogP contribution in [0, 0.1) is 0 Å². The first-order valence-electron chi connectivity index (χ1n) is 5.83. The number of unbranched alkanes of at least 4 members (excludes halogenated alkanes) is 2. The molecule has 0 aromatic carbocycles. The van der Waals surface area contributed by atoms with Gasteiger partial charge in [-0.05, 0) is 25.8 Å². The van der Waals surface area contributed by atoms with E-state index >= 15 is 0 Å². The quantitative estimate of drug-likeness (QED) is 0.576. The standard InChI is InChI=1S/C12H20N2O2/c1-3-5-6-7-9-8-10(13)11(14-9)12(15)16-4-2/h8,14H,3-7,13H2,1-2H3. The minimum atomic E-state index is -0.373. The first-order valence-corrected chi connectivity index (χ1v) is 5.83. The van der Waals surface area contributed by atoms with Crippen LogP contribution in [0.3, 0.4) is 0 Å². The van der Waals surface area contributed by atoms with Crippen LogP contribution in [0.15, 0.2) is 6.07 Å². The Hall–Kier alpha value is -1.45. The van der Waals surface area contributed by atoms with Crippen molar-refractivity contribution >= 4 is 11.7 Å². The molecular formula is C12H20N2O2. The number of rotatable bonds is 6. The number of hydrogen-bond acceptors (Lipinski definition) is 3. The number of nitrogens with one attached hydrogen (secondary N) is 1. The molecule has 0 saturated carbocycles. The zero-order valence-electron chi connectivity index (χ0n) is 10.0. The van der Waals surface area contributed by atoms with Gasteiger partial charge in [0.1, 0.15) is 5.69 Å². The molecule has 0 aliphatic rings. The maximum Gasteiger partial charge on any atom is 0.356 e. The molecule has 0 atom stereocenters. The lowest BCUT2D eigenvalue weighted by atomic mass is 10.1. The van der Waals surface area contributed by atoms with E-state index in [-0.39, 0.29) is 5.97 Å². The summed E-state index contributed by atoms with van der Waals surface area (Å²) < 4.78 is 4.90. The molecule has 0 aliphatic carbocycles. The van der Waals surface area contributed by atoms with E-state index in [9.17, 15) is 4.79 Å². The largest absolute Gasteiger partial charge is 0.461 e. The Morgan fingerprint density at radius 1 is 1.44 bits per heavy atom. The highest BCUT2D eigenvalue weighted by atomic mass is 16.5. The van der Waals surface area contributed by atoms with Crippen molar-refractivity contribution in [2.75, 3.05) is 12.3 Å². The normalized spacial score (nSPS) is 10.4. The van der Waals surface area contributed by atoms with Crippen molar-refractivity contribution in [2.45, 2.75) is 39.5 Å². The van der Waals surface area contributed by atoms with Crippen LogP contribution in [0.25, 0.3) is 0 Å². The summed E-state index contributed by atoms with van der Waals surface area (Å²) in [6, 6.07) is 1.82. The van der Waals surface area contributed by atoms with Gasteiger partial charge in [-0.2, -0.15) is 0 Å². The number of aryl methyl sites for hydroxylation is 1. The number of anilines is 1. The first kappa shape index (κ1) is 12.6. The second kappa shape index (κ2) is 6.20. The second-order valence-electron chi connectivity index (χ2n) is 3.80. The fourth-order valence-corrected chi connectivity index (χ4v) is 1.60. The van der Waals surface area contributed by atoms with Crippen LogP contribution in [-0.4, -0.2) is 17.6 Å². The number of nitrogen functional groups attached to an aromatic ring is 1. The smallest absolute Gasteiger partial charge is 0.356 e. The fraction of sp³-hybridized carbons (Fsp3) is 0.583. The number of H-pyrrole nitrogens is 1. The maximum atomic E-state index is 11.5. The summed E-state index contributed by atoms with van der Waals surface area (Å²) in [4.78, 5) is 14.5. The average molecular weight is 224 g/mol. The molecule has 0 spiro atoms. The van der Waals surface area contributed by atoms with Crippen molar-refractivity contribution in [3.05, 3.63) is 17.5 Å². The Kier molecular flexibility index (Phi) is 4.89. The summed E-state index contributed by atoms with van der Waals surface area (Å²) in [7, 11) is 0. The third-order valence-corrected chi connectivity index (χ3v) is 2.43. The number of aromatic amines is 1. The second-order valence-corrected chi connectivity index (χ2v) is 3.80. The van der Waals surface area contributed by atoms with Gasteiger partial charge in [-0.15, -0.1) is 0 Å². The molecule has 16 heavy (non-hydrogen) atoms. The zero-order valence-corrected chi connectivity index (χ0v) is 10.0. The van der Waals surface area contributed by atoms with Gasteiger partial charge in [-0.25, -0.2) is 4.79 Å². The first-order chi connectivity index (χ1) is 7.69. The third kappa shape index (κ3) is 3.29. The zero-order chi connectivity index (χ0) is 12.0. The van der Waals surface area contributed by atoms with Gasteiger partial charge in [0.25, 0.3) is 0 Å². The van der Waals surface area contributed by atoms with Gasteiger partial charge in [-0.3, -0.25) is 0 Å². The molecule has 4 heteroatoms. The number of hydrogen-bond donors (Lipinski definition) is 2. The summed E-state index contributed by atoms with van der Waals surface area (Å²) in [5.41, 5.74) is 7.61. The fourth-order valence-electron chi connectivity index (χ4n) is 1.60. The van der Waals surface area contributed by atoms with Crippen LogP contribution in [0.2, 0.25) is 0 Å². The van der Waals surface area contributed by atoms with Crippen LogP contribution in [0.1, 0.15) is 49.3 Å². The Balaban J connectivity index is 2.62. The summed E-state index contributed by atoms with van der Waals surface area (Å²) in [5, 5.41) is 0. The van der Waals surface area contributed by atoms with Crippen molar-refractivity contribution in [1.29, 1.82) is 0 Å². The summed E-state index contributed by atoms with van der Waals surface area (Å²) >= 11 is 0. The highest BCUT2D eigenvalue weighted by Gasteiger charge is 2.13. The van der Waals surface area contributed by atoms with Gasteiger partial charge >= 0.3 is 5.97 Å². The van der Waals surface area contributed by atoms with Gasteiger partial charge in [0, 0.05) is 5.69 Å². The molecule has 0 fully saturated rings. The minimum absolute atomic E-state index is 0.364. The van der Waals surface area contributed by atoms with E-state index in [1.165, 1.54) is 12.8 Å². The monoisotopic (exact) mass is 224 g/mol. The van der Waals surface area contributed by atoms with E-state index in [4.69, 9.17) is 10.5 Å². The topological polar surface area (TPSA) is 68.1 Å². The lowest BCUT2D eigenvalue weighted by Gasteiger charge is -2.00. The summed E-state index contributed by atoms with van der Waals surface area (Å²) in [6.07, 6.45) is 4.41. The summed E-state index contributed by atoms with van der Waals surface area (Å²) in [5.74, 6) is -0.373. The predicted molar refractivity (Wildman–Crippen MR) is 64.4 cm³/mol. The van der Waals surface area contributed by atoms with E-state index in [0.29, 0.717) is 18.0 Å². The maximum absolute atomic E-state index is 11.5. The molecule has 3 N–H and O–H groups in total. The molecule has 1 heterocycles. The Bertz CT molecular complexity index is 345. The van der Waals surface area contributed by atoms with Crippen molar-refractivity contribution in [3.63, 3.8) is 0 Å². The number of carbonyl (C=O) groups is 1. The minimum Gasteiger partial charge on any atom is -0.461 e. The molecule has 0 saturated heterocycles. The van der Waals surface area contributed by atoms with E-state index in [0.717, 1.165) is 18.5 Å². The van der Waals surface area contributed by atoms with Gasteiger partial charge < -0.3 is 15.5 Å². The Morgan fingerprint density at radius 3 is 2.81 bits per heavy atom. The van der Waals surface area contributed by atoms with Crippen molar-refractivity contribution in [1.82, 2.24) is 4.98 Å². The van der Waals surface area contributed by atoms with E-state index in [2.05, 4.69) is 11.9 Å². The molecule has 0 amide bonds. The number of ether oxygens (including phenoxy) is 1. The van der Waals surface area contributed by atoms with Gasteiger partial charge in [-0.1, -0.05) is 19.8 Å². The molecule has 0 bridgehead atoms. The van der Waals surface area contributed by atoms with Crippen LogP contribution < -0.4 is 5.73 Å². The van der Waals surface area contributed by atoms with Crippen LogP contribution in [-0.2, 0) is 11.2 Å². The molecule has 0 radical (unpaired) electrons. The number of nitrogens with two attached hydrogens (primary N) is 1. The number of aromatic nitrogens is 1. The molecule has 1 aromatic heterocycles. The number of esters is 1. The lowest BCUT2D eigenvalue weighted by Crippen LogP contribution is -2.07. The molecule has 90 valence electrons. The Morgan fingerprint density at radius 2 is 2.19 bits per heavy atom. The van der Waals surface area contributed by atoms with E-state index in [1.54, 1.807) is 6.92 Å². The van der Waals surface area contributed by atoms with E-state index in [1.807, 2.05) is 6.07 Å². The van der Waals surface area contributed by atoms with Crippen LogP contribution in [0.4, 0.5) is 5.69 Å². The third-order valence-electron chi connectivity index (χ3n) is 2.43. The lowest BCUT2D eigenvalue weighted by molar-refractivity contribution is 0.0521. The van der Waals surface area contributed by atoms with Crippen LogP contribution in [0.5, 0.6) is 0 Å². The summed E-state index contributed by atoms with van der Waals surface area (Å²) in [6.45, 7) is 4.30.